The van der Waals surface area contributed by atoms with Crippen molar-refractivity contribution in [3.8, 4) is 0 Å². The average Bonchev–Trinajstić information content (AvgIpc) is 2.47. The summed E-state index contributed by atoms with van der Waals surface area (Å²) in [6.07, 6.45) is 1.87. The molecule has 1 heterocycles. The highest BCUT2D eigenvalue weighted by Crippen LogP contribution is 2.09. The van der Waals surface area contributed by atoms with Crippen LogP contribution in [0.2, 0.25) is 0 Å². The van der Waals surface area contributed by atoms with E-state index in [1.54, 1.807) is 24.3 Å². The second-order valence-electron chi connectivity index (χ2n) is 4.57. The molecule has 0 bridgehead atoms. The number of methoxy groups -OCH3 is 1. The summed E-state index contributed by atoms with van der Waals surface area (Å²) >= 11 is 0. The third-order valence-corrected chi connectivity index (χ3v) is 3.22. The lowest BCUT2D eigenvalue weighted by molar-refractivity contribution is 0.0600. The minimum atomic E-state index is -0.434. The maximum absolute atomic E-state index is 12.1. The number of amides is 1. The number of benzene rings is 1. The first-order valence-corrected chi connectivity index (χ1v) is 6.40. The van der Waals surface area contributed by atoms with E-state index >= 15 is 0 Å². The molecule has 0 aliphatic carbocycles. The minimum Gasteiger partial charge on any atom is -0.465 e. The fraction of sp³-hybridized carbons (Fsp3) is 0.429. The number of esters is 1. The molecule has 5 heteroatoms. The van der Waals surface area contributed by atoms with Gasteiger partial charge in [0.15, 0.2) is 0 Å². The lowest BCUT2D eigenvalue weighted by Crippen LogP contribution is -2.42. The predicted molar refractivity (Wildman–Crippen MR) is 71.1 cm³/mol. The Balaban J connectivity index is 2.04. The van der Waals surface area contributed by atoms with Crippen LogP contribution in [0.3, 0.4) is 0 Å². The van der Waals surface area contributed by atoms with E-state index < -0.39 is 5.97 Å². The van der Waals surface area contributed by atoms with Gasteiger partial charge < -0.3 is 15.4 Å². The summed E-state index contributed by atoms with van der Waals surface area (Å²) in [7, 11) is 1.32. The van der Waals surface area contributed by atoms with E-state index in [1.807, 2.05) is 0 Å². The molecule has 1 saturated heterocycles. The first-order valence-electron chi connectivity index (χ1n) is 6.40. The molecule has 2 N–H and O–H groups in total. The van der Waals surface area contributed by atoms with Gasteiger partial charge in [0.2, 0.25) is 0 Å². The van der Waals surface area contributed by atoms with Gasteiger partial charge >= 0.3 is 5.97 Å². The molecule has 0 spiro atoms. The van der Waals surface area contributed by atoms with Gasteiger partial charge in [-0.05, 0) is 44.1 Å². The number of rotatable bonds is 3. The van der Waals surface area contributed by atoms with Crippen LogP contribution in [0.4, 0.5) is 0 Å². The largest absolute Gasteiger partial charge is 0.465 e. The van der Waals surface area contributed by atoms with Gasteiger partial charge in [0, 0.05) is 11.6 Å². The summed E-state index contributed by atoms with van der Waals surface area (Å²) < 4.78 is 4.64. The number of piperidine rings is 1. The van der Waals surface area contributed by atoms with Gasteiger partial charge in [-0.15, -0.1) is 0 Å². The zero-order chi connectivity index (χ0) is 13.7. The summed E-state index contributed by atoms with van der Waals surface area (Å²) in [5, 5.41) is 6.24. The second kappa shape index (κ2) is 6.33. The van der Waals surface area contributed by atoms with Crippen molar-refractivity contribution in [1.82, 2.24) is 10.6 Å². The number of carbonyl (C=O) groups excluding carboxylic acids is 2. The molecule has 19 heavy (non-hydrogen) atoms. The van der Waals surface area contributed by atoms with Gasteiger partial charge in [0.25, 0.3) is 5.91 Å². The number of carbonyl (C=O) groups is 2. The number of hydrogen-bond acceptors (Lipinski definition) is 4. The first kappa shape index (κ1) is 13.5. The van der Waals surface area contributed by atoms with Gasteiger partial charge in [0.05, 0.1) is 12.7 Å². The Morgan fingerprint density at radius 2 is 1.95 bits per heavy atom. The second-order valence-corrected chi connectivity index (χ2v) is 4.57. The molecule has 2 rings (SSSR count). The fourth-order valence-electron chi connectivity index (χ4n) is 2.14. The molecule has 102 valence electrons. The molecule has 0 unspecified atom stereocenters. The quantitative estimate of drug-likeness (QED) is 0.796. The van der Waals surface area contributed by atoms with E-state index in [-0.39, 0.29) is 11.9 Å². The van der Waals surface area contributed by atoms with Crippen LogP contribution >= 0.6 is 0 Å². The third kappa shape index (κ3) is 3.54. The van der Waals surface area contributed by atoms with Crippen molar-refractivity contribution in [2.24, 2.45) is 0 Å². The fourth-order valence-corrected chi connectivity index (χ4v) is 2.14. The zero-order valence-electron chi connectivity index (χ0n) is 10.9. The highest BCUT2D eigenvalue weighted by Gasteiger charge is 2.17. The SMILES string of the molecule is COC(=O)c1cccc(C(=O)NC2CCNCC2)c1. The van der Waals surface area contributed by atoms with Crippen LogP contribution in [-0.2, 0) is 4.74 Å². The summed E-state index contributed by atoms with van der Waals surface area (Å²) in [5.41, 5.74) is 0.877. The Labute approximate surface area is 112 Å². The van der Waals surface area contributed by atoms with Crippen molar-refractivity contribution < 1.29 is 14.3 Å². The van der Waals surface area contributed by atoms with Gasteiger partial charge in [0.1, 0.15) is 0 Å². The topological polar surface area (TPSA) is 67.4 Å². The molecule has 0 atom stereocenters. The molecule has 1 aromatic carbocycles. The third-order valence-electron chi connectivity index (χ3n) is 3.22. The Kier molecular flexibility index (Phi) is 4.52. The van der Waals surface area contributed by atoms with Crippen molar-refractivity contribution in [2.45, 2.75) is 18.9 Å². The van der Waals surface area contributed by atoms with Crippen LogP contribution in [0.5, 0.6) is 0 Å². The Bertz CT molecular complexity index is 468. The highest BCUT2D eigenvalue weighted by atomic mass is 16.5. The lowest BCUT2D eigenvalue weighted by atomic mass is 10.1. The molecule has 1 aliphatic rings. The summed E-state index contributed by atoms with van der Waals surface area (Å²) in [6, 6.07) is 6.78. The van der Waals surface area contributed by atoms with Crippen LogP contribution in [0.15, 0.2) is 24.3 Å². The van der Waals surface area contributed by atoms with Gasteiger partial charge in [-0.1, -0.05) is 6.07 Å². The standard InChI is InChI=1S/C14H18N2O3/c1-19-14(18)11-4-2-3-10(9-11)13(17)16-12-5-7-15-8-6-12/h2-4,9,12,15H,5-8H2,1H3,(H,16,17). The Morgan fingerprint density at radius 3 is 2.63 bits per heavy atom. The van der Waals surface area contributed by atoms with Gasteiger partial charge in [-0.3, -0.25) is 4.79 Å². The number of ether oxygens (including phenoxy) is 1. The van der Waals surface area contributed by atoms with Crippen molar-refractivity contribution >= 4 is 11.9 Å². The Hall–Kier alpha value is -1.88. The first-order chi connectivity index (χ1) is 9.20. The van der Waals surface area contributed by atoms with Crippen LogP contribution in [0.25, 0.3) is 0 Å². The monoisotopic (exact) mass is 262 g/mol. The average molecular weight is 262 g/mol. The summed E-state index contributed by atoms with van der Waals surface area (Å²) in [5.74, 6) is -0.575. The smallest absolute Gasteiger partial charge is 0.337 e. The van der Waals surface area contributed by atoms with Gasteiger partial charge in [-0.25, -0.2) is 4.79 Å². The molecule has 0 aromatic heterocycles. The van der Waals surface area contributed by atoms with E-state index in [2.05, 4.69) is 15.4 Å². The van der Waals surface area contributed by atoms with Crippen LogP contribution < -0.4 is 10.6 Å². The minimum absolute atomic E-state index is 0.141. The van der Waals surface area contributed by atoms with Crippen molar-refractivity contribution in [3.63, 3.8) is 0 Å². The zero-order valence-corrected chi connectivity index (χ0v) is 10.9. The van der Waals surface area contributed by atoms with E-state index in [9.17, 15) is 9.59 Å². The van der Waals surface area contributed by atoms with Crippen LogP contribution in [0, 0.1) is 0 Å². The predicted octanol–water partition coefficient (Wildman–Crippen LogP) is 0.955. The van der Waals surface area contributed by atoms with Crippen LogP contribution in [0.1, 0.15) is 33.6 Å². The maximum atomic E-state index is 12.1. The summed E-state index contributed by atoms with van der Waals surface area (Å²) in [4.78, 5) is 23.5. The lowest BCUT2D eigenvalue weighted by Gasteiger charge is -2.23. The molecule has 0 saturated carbocycles. The maximum Gasteiger partial charge on any atom is 0.337 e. The van der Waals surface area contributed by atoms with Crippen molar-refractivity contribution in [2.75, 3.05) is 20.2 Å². The summed E-state index contributed by atoms with van der Waals surface area (Å²) in [6.45, 7) is 1.85. The molecule has 1 aliphatic heterocycles. The number of hydrogen-bond donors (Lipinski definition) is 2. The van der Waals surface area contributed by atoms with Gasteiger partial charge in [-0.2, -0.15) is 0 Å². The van der Waals surface area contributed by atoms with E-state index in [0.717, 1.165) is 25.9 Å². The Morgan fingerprint density at radius 1 is 1.26 bits per heavy atom. The number of nitrogens with one attached hydrogen (secondary N) is 2. The molecule has 1 fully saturated rings. The molecular formula is C14H18N2O3. The van der Waals surface area contributed by atoms with Crippen LogP contribution in [-0.4, -0.2) is 38.1 Å². The molecule has 0 radical (unpaired) electrons. The molecule has 1 aromatic rings. The molecular weight excluding hydrogens is 244 g/mol. The molecule has 5 nitrogen and oxygen atoms in total. The normalized spacial score (nSPS) is 15.8. The van der Waals surface area contributed by atoms with Crippen molar-refractivity contribution in [3.05, 3.63) is 35.4 Å². The highest BCUT2D eigenvalue weighted by molar-refractivity contribution is 5.98. The molecule has 1 amide bonds. The van der Waals surface area contributed by atoms with E-state index in [4.69, 9.17) is 0 Å². The van der Waals surface area contributed by atoms with Crippen molar-refractivity contribution in [1.29, 1.82) is 0 Å². The van der Waals surface area contributed by atoms with E-state index in [0.29, 0.717) is 11.1 Å². The van der Waals surface area contributed by atoms with E-state index in [1.165, 1.54) is 7.11 Å².